The van der Waals surface area contributed by atoms with E-state index in [-0.39, 0.29) is 35.5 Å². The van der Waals surface area contributed by atoms with E-state index in [1.807, 2.05) is 24.3 Å². The third-order valence-electron chi connectivity index (χ3n) is 4.74. The zero-order chi connectivity index (χ0) is 20.1. The van der Waals surface area contributed by atoms with Gasteiger partial charge in [0.05, 0.1) is 5.02 Å². The Hall–Kier alpha value is -2.09. The first kappa shape index (κ1) is 20.6. The van der Waals surface area contributed by atoms with Gasteiger partial charge >= 0.3 is 0 Å². The maximum atomic E-state index is 12.8. The minimum Gasteiger partial charge on any atom is -0.484 e. The number of hydrogen-bond acceptors (Lipinski definition) is 4. The van der Waals surface area contributed by atoms with Crippen LogP contribution in [0.1, 0.15) is 12.5 Å². The summed E-state index contributed by atoms with van der Waals surface area (Å²) < 4.78 is 32.4. The van der Waals surface area contributed by atoms with Gasteiger partial charge in [0.1, 0.15) is 10.6 Å². The van der Waals surface area contributed by atoms with Crippen molar-refractivity contribution in [3.8, 4) is 5.75 Å². The second kappa shape index (κ2) is 8.94. The lowest BCUT2D eigenvalue weighted by molar-refractivity contribution is -0.134. The number of aryl methyl sites for hydroxylation is 1. The smallest absolute Gasteiger partial charge is 0.260 e. The second-order valence-corrected chi connectivity index (χ2v) is 8.82. The largest absolute Gasteiger partial charge is 0.484 e. The number of hydrogen-bond donors (Lipinski definition) is 0. The van der Waals surface area contributed by atoms with Crippen LogP contribution in [0.3, 0.4) is 0 Å². The van der Waals surface area contributed by atoms with Gasteiger partial charge in [0.15, 0.2) is 6.61 Å². The molecule has 28 heavy (non-hydrogen) atoms. The Bertz CT molecular complexity index is 923. The minimum absolute atomic E-state index is 0.0667. The van der Waals surface area contributed by atoms with Crippen LogP contribution in [-0.4, -0.2) is 56.3 Å². The highest BCUT2D eigenvalue weighted by molar-refractivity contribution is 7.89. The molecule has 1 amide bonds. The summed E-state index contributed by atoms with van der Waals surface area (Å²) in [5.74, 6) is 0.486. The van der Waals surface area contributed by atoms with E-state index in [1.54, 1.807) is 23.1 Å². The lowest BCUT2D eigenvalue weighted by Gasteiger charge is -2.34. The molecule has 8 heteroatoms. The monoisotopic (exact) mass is 422 g/mol. The molecule has 1 saturated heterocycles. The first-order valence-corrected chi connectivity index (χ1v) is 11.0. The first-order chi connectivity index (χ1) is 13.4. The normalized spacial score (nSPS) is 15.4. The maximum absolute atomic E-state index is 12.8. The molecule has 150 valence electrons. The molecule has 0 aromatic heterocycles. The van der Waals surface area contributed by atoms with Gasteiger partial charge in [-0.3, -0.25) is 4.79 Å². The molecular weight excluding hydrogens is 400 g/mol. The van der Waals surface area contributed by atoms with Crippen LogP contribution in [0.2, 0.25) is 5.02 Å². The quantitative estimate of drug-likeness (QED) is 0.717. The molecular formula is C20H23ClN2O4S. The van der Waals surface area contributed by atoms with Gasteiger partial charge in [-0.1, -0.05) is 42.8 Å². The predicted octanol–water partition coefficient (Wildman–Crippen LogP) is 2.81. The topological polar surface area (TPSA) is 66.9 Å². The van der Waals surface area contributed by atoms with Gasteiger partial charge in [-0.2, -0.15) is 4.31 Å². The van der Waals surface area contributed by atoms with Crippen LogP contribution in [-0.2, 0) is 21.2 Å². The average molecular weight is 423 g/mol. The van der Waals surface area contributed by atoms with Gasteiger partial charge in [-0.25, -0.2) is 8.42 Å². The Kier molecular flexibility index (Phi) is 6.59. The number of amides is 1. The molecule has 0 saturated carbocycles. The molecule has 0 bridgehead atoms. The molecule has 1 aliphatic rings. The summed E-state index contributed by atoms with van der Waals surface area (Å²) in [7, 11) is -3.67. The van der Waals surface area contributed by atoms with Gasteiger partial charge in [-0.05, 0) is 36.2 Å². The third-order valence-corrected chi connectivity index (χ3v) is 7.14. The molecule has 0 N–H and O–H groups in total. The standard InChI is InChI=1S/C20H23ClN2O4S/c1-2-16-7-9-17(10-8-16)27-15-20(24)22-11-13-23(14-12-22)28(25,26)19-6-4-3-5-18(19)21/h3-10H,2,11-15H2,1H3. The summed E-state index contributed by atoms with van der Waals surface area (Å²) in [4.78, 5) is 14.1. The lowest BCUT2D eigenvalue weighted by Crippen LogP contribution is -2.51. The van der Waals surface area contributed by atoms with Gasteiger partial charge in [0, 0.05) is 26.2 Å². The third kappa shape index (κ3) is 4.66. The molecule has 1 aliphatic heterocycles. The average Bonchev–Trinajstić information content (AvgIpc) is 2.72. The number of rotatable bonds is 6. The lowest BCUT2D eigenvalue weighted by atomic mass is 10.2. The molecule has 0 aliphatic carbocycles. The summed E-state index contributed by atoms with van der Waals surface area (Å²) in [6.07, 6.45) is 0.945. The van der Waals surface area contributed by atoms with Crippen molar-refractivity contribution >= 4 is 27.5 Å². The maximum Gasteiger partial charge on any atom is 0.260 e. The predicted molar refractivity (Wildman–Crippen MR) is 108 cm³/mol. The number of sulfonamides is 1. The molecule has 0 atom stereocenters. The van der Waals surface area contributed by atoms with Crippen molar-refractivity contribution in [3.05, 3.63) is 59.1 Å². The summed E-state index contributed by atoms with van der Waals surface area (Å²) in [6.45, 7) is 3.10. The highest BCUT2D eigenvalue weighted by Crippen LogP contribution is 2.25. The van der Waals surface area contributed by atoms with E-state index < -0.39 is 10.0 Å². The van der Waals surface area contributed by atoms with E-state index in [0.29, 0.717) is 18.8 Å². The van der Waals surface area contributed by atoms with Gasteiger partial charge < -0.3 is 9.64 Å². The molecule has 3 rings (SSSR count). The van der Waals surface area contributed by atoms with Crippen molar-refractivity contribution in [3.63, 3.8) is 0 Å². The Morgan fingerprint density at radius 3 is 2.29 bits per heavy atom. The highest BCUT2D eigenvalue weighted by Gasteiger charge is 2.31. The van der Waals surface area contributed by atoms with Crippen molar-refractivity contribution in [1.29, 1.82) is 0 Å². The summed E-state index contributed by atoms with van der Waals surface area (Å²) in [5, 5.41) is 0.198. The minimum atomic E-state index is -3.67. The fourth-order valence-electron chi connectivity index (χ4n) is 3.03. The van der Waals surface area contributed by atoms with Crippen LogP contribution in [0.5, 0.6) is 5.75 Å². The summed E-state index contributed by atoms with van der Waals surface area (Å²) in [5.41, 5.74) is 1.20. The van der Waals surface area contributed by atoms with E-state index in [1.165, 1.54) is 15.9 Å². The molecule has 0 spiro atoms. The van der Waals surface area contributed by atoms with Crippen molar-refractivity contribution in [2.45, 2.75) is 18.2 Å². The number of carbonyl (C=O) groups excluding carboxylic acids is 1. The number of ether oxygens (including phenoxy) is 1. The molecule has 0 unspecified atom stereocenters. The number of nitrogens with zero attached hydrogens (tertiary/aromatic N) is 2. The van der Waals surface area contributed by atoms with Gasteiger partial charge in [0.25, 0.3) is 5.91 Å². The fraction of sp³-hybridized carbons (Fsp3) is 0.350. The zero-order valence-corrected chi connectivity index (χ0v) is 17.2. The van der Waals surface area contributed by atoms with Crippen molar-refractivity contribution in [1.82, 2.24) is 9.21 Å². The van der Waals surface area contributed by atoms with Crippen molar-refractivity contribution < 1.29 is 17.9 Å². The summed E-state index contributed by atoms with van der Waals surface area (Å²) in [6, 6.07) is 14.0. The van der Waals surface area contributed by atoms with Crippen molar-refractivity contribution in [2.75, 3.05) is 32.8 Å². The second-order valence-electron chi connectivity index (χ2n) is 6.50. The molecule has 2 aromatic rings. The fourth-order valence-corrected chi connectivity index (χ4v) is 4.94. The SMILES string of the molecule is CCc1ccc(OCC(=O)N2CCN(S(=O)(=O)c3ccccc3Cl)CC2)cc1. The van der Waals surface area contributed by atoms with Crippen LogP contribution < -0.4 is 4.74 Å². The van der Waals surface area contributed by atoms with Crippen molar-refractivity contribution in [2.24, 2.45) is 0 Å². The van der Waals surface area contributed by atoms with E-state index in [0.717, 1.165) is 6.42 Å². The molecule has 0 radical (unpaired) electrons. The number of carbonyl (C=O) groups is 1. The Balaban J connectivity index is 1.54. The molecule has 1 fully saturated rings. The van der Waals surface area contributed by atoms with Crippen LogP contribution >= 0.6 is 11.6 Å². The van der Waals surface area contributed by atoms with Gasteiger partial charge in [0.2, 0.25) is 10.0 Å². The van der Waals surface area contributed by atoms with E-state index >= 15 is 0 Å². The van der Waals surface area contributed by atoms with Crippen LogP contribution in [0.4, 0.5) is 0 Å². The Labute approximate surface area is 170 Å². The zero-order valence-electron chi connectivity index (χ0n) is 15.7. The van der Waals surface area contributed by atoms with Crippen LogP contribution in [0.25, 0.3) is 0 Å². The Morgan fingerprint density at radius 1 is 1.04 bits per heavy atom. The van der Waals surface area contributed by atoms with E-state index in [9.17, 15) is 13.2 Å². The number of halogens is 1. The number of piperazine rings is 1. The number of benzene rings is 2. The molecule has 2 aromatic carbocycles. The summed E-state index contributed by atoms with van der Waals surface area (Å²) >= 11 is 6.04. The van der Waals surface area contributed by atoms with E-state index in [4.69, 9.17) is 16.3 Å². The molecule has 1 heterocycles. The van der Waals surface area contributed by atoms with E-state index in [2.05, 4.69) is 6.92 Å². The van der Waals surface area contributed by atoms with Gasteiger partial charge in [-0.15, -0.1) is 0 Å². The van der Waals surface area contributed by atoms with Crippen LogP contribution in [0.15, 0.2) is 53.4 Å². The molecule has 6 nitrogen and oxygen atoms in total. The highest BCUT2D eigenvalue weighted by atomic mass is 35.5. The van der Waals surface area contributed by atoms with Crippen LogP contribution in [0, 0.1) is 0 Å². The first-order valence-electron chi connectivity index (χ1n) is 9.16. The Morgan fingerprint density at radius 2 is 1.68 bits per heavy atom.